The summed E-state index contributed by atoms with van der Waals surface area (Å²) >= 11 is 0. The Morgan fingerprint density at radius 3 is 2.13 bits per heavy atom. The van der Waals surface area contributed by atoms with Crippen LogP contribution in [0.5, 0.6) is 0 Å². The molecular formula is C12H21NO2. The molecule has 0 aromatic carbocycles. The number of rotatable bonds is 1. The van der Waals surface area contributed by atoms with Crippen LogP contribution >= 0.6 is 0 Å². The van der Waals surface area contributed by atoms with E-state index < -0.39 is 11.5 Å². The molecule has 1 saturated carbocycles. The van der Waals surface area contributed by atoms with Gasteiger partial charge >= 0.3 is 5.97 Å². The highest BCUT2D eigenvalue weighted by Gasteiger charge is 2.48. The Labute approximate surface area is 91.2 Å². The minimum absolute atomic E-state index is 0.143. The first-order chi connectivity index (χ1) is 7.06. The van der Waals surface area contributed by atoms with Gasteiger partial charge in [-0.3, -0.25) is 10.1 Å². The van der Waals surface area contributed by atoms with Crippen molar-refractivity contribution >= 4 is 5.97 Å². The van der Waals surface area contributed by atoms with Crippen molar-refractivity contribution in [3.8, 4) is 0 Å². The standard InChI is InChI=1S/C12H21NO2/c1-11(10(14)15)8-9-12(13-11)6-4-2-3-5-7-12/h13H,2-9H2,1H3,(H,14,15). The molecule has 2 fully saturated rings. The lowest BCUT2D eigenvalue weighted by atomic mass is 9.89. The molecule has 1 aliphatic heterocycles. The lowest BCUT2D eigenvalue weighted by Crippen LogP contribution is -2.53. The maximum absolute atomic E-state index is 11.2. The van der Waals surface area contributed by atoms with Crippen molar-refractivity contribution in [3.63, 3.8) is 0 Å². The third-order valence-electron chi connectivity index (χ3n) is 4.18. The Balaban J connectivity index is 2.09. The molecule has 2 N–H and O–H groups in total. The molecule has 15 heavy (non-hydrogen) atoms. The van der Waals surface area contributed by atoms with Crippen LogP contribution in [0.25, 0.3) is 0 Å². The number of hydrogen-bond acceptors (Lipinski definition) is 2. The maximum Gasteiger partial charge on any atom is 0.323 e. The summed E-state index contributed by atoms with van der Waals surface area (Å²) in [5.74, 6) is -0.691. The number of aliphatic carboxylic acids is 1. The predicted molar refractivity (Wildman–Crippen MR) is 58.8 cm³/mol. The summed E-state index contributed by atoms with van der Waals surface area (Å²) in [7, 11) is 0. The van der Waals surface area contributed by atoms with E-state index in [2.05, 4.69) is 5.32 Å². The van der Waals surface area contributed by atoms with Gasteiger partial charge in [0.1, 0.15) is 5.54 Å². The van der Waals surface area contributed by atoms with E-state index in [0.29, 0.717) is 0 Å². The van der Waals surface area contributed by atoms with Gasteiger partial charge in [-0.05, 0) is 32.6 Å². The summed E-state index contributed by atoms with van der Waals surface area (Å²) in [6.45, 7) is 1.83. The fraction of sp³-hybridized carbons (Fsp3) is 0.917. The molecule has 1 saturated heterocycles. The van der Waals surface area contributed by atoms with Gasteiger partial charge in [0.25, 0.3) is 0 Å². The van der Waals surface area contributed by atoms with Crippen LogP contribution in [-0.4, -0.2) is 22.2 Å². The Morgan fingerprint density at radius 1 is 1.07 bits per heavy atom. The quantitative estimate of drug-likeness (QED) is 0.699. The van der Waals surface area contributed by atoms with Gasteiger partial charge in [-0.15, -0.1) is 0 Å². The van der Waals surface area contributed by atoms with Crippen LogP contribution in [0.3, 0.4) is 0 Å². The summed E-state index contributed by atoms with van der Waals surface area (Å²) in [4.78, 5) is 11.2. The highest BCUT2D eigenvalue weighted by Crippen LogP contribution is 2.39. The van der Waals surface area contributed by atoms with Crippen molar-refractivity contribution in [1.82, 2.24) is 5.32 Å². The van der Waals surface area contributed by atoms with Crippen LogP contribution in [0.4, 0.5) is 0 Å². The van der Waals surface area contributed by atoms with Gasteiger partial charge in [-0.2, -0.15) is 0 Å². The van der Waals surface area contributed by atoms with Crippen LogP contribution in [0.15, 0.2) is 0 Å². The fourth-order valence-electron chi connectivity index (χ4n) is 3.14. The lowest BCUT2D eigenvalue weighted by Gasteiger charge is -2.31. The molecule has 3 nitrogen and oxygen atoms in total. The van der Waals surface area contributed by atoms with Crippen molar-refractivity contribution < 1.29 is 9.90 Å². The third-order valence-corrected chi connectivity index (χ3v) is 4.18. The van der Waals surface area contributed by atoms with E-state index in [1.165, 1.54) is 25.7 Å². The number of nitrogens with one attached hydrogen (secondary N) is 1. The number of hydrogen-bond donors (Lipinski definition) is 2. The van der Waals surface area contributed by atoms with Gasteiger partial charge in [0.05, 0.1) is 0 Å². The van der Waals surface area contributed by atoms with Gasteiger partial charge in [-0.1, -0.05) is 25.7 Å². The second kappa shape index (κ2) is 3.78. The van der Waals surface area contributed by atoms with E-state index >= 15 is 0 Å². The van der Waals surface area contributed by atoms with Crippen LogP contribution in [0.1, 0.15) is 58.3 Å². The minimum atomic E-state index is -0.691. The summed E-state index contributed by atoms with van der Waals surface area (Å²) < 4.78 is 0. The summed E-state index contributed by atoms with van der Waals surface area (Å²) in [5.41, 5.74) is -0.534. The molecule has 0 radical (unpaired) electrons. The average Bonchev–Trinajstić information content (AvgIpc) is 2.39. The molecule has 1 unspecified atom stereocenters. The Hall–Kier alpha value is -0.570. The monoisotopic (exact) mass is 211 g/mol. The van der Waals surface area contributed by atoms with Crippen LogP contribution in [-0.2, 0) is 4.79 Å². The van der Waals surface area contributed by atoms with E-state index in [1.807, 2.05) is 6.92 Å². The number of carboxylic acid groups (broad SMARTS) is 1. The van der Waals surface area contributed by atoms with Crippen LogP contribution < -0.4 is 5.32 Å². The van der Waals surface area contributed by atoms with Gasteiger partial charge in [-0.25, -0.2) is 0 Å². The zero-order valence-electron chi connectivity index (χ0n) is 9.51. The summed E-state index contributed by atoms with van der Waals surface area (Å²) in [6, 6.07) is 0. The van der Waals surface area contributed by atoms with E-state index in [1.54, 1.807) is 0 Å². The maximum atomic E-state index is 11.2. The van der Waals surface area contributed by atoms with E-state index in [9.17, 15) is 9.90 Å². The molecule has 0 amide bonds. The predicted octanol–water partition coefficient (Wildman–Crippen LogP) is 2.31. The Kier molecular flexibility index (Phi) is 2.75. The number of carboxylic acids is 1. The molecule has 1 spiro atoms. The molecule has 0 aromatic rings. The average molecular weight is 211 g/mol. The van der Waals surface area contributed by atoms with Gasteiger partial charge in [0.2, 0.25) is 0 Å². The van der Waals surface area contributed by atoms with E-state index in [0.717, 1.165) is 25.7 Å². The molecule has 1 aliphatic carbocycles. The van der Waals surface area contributed by atoms with E-state index in [-0.39, 0.29) is 5.54 Å². The first kappa shape index (κ1) is 10.9. The molecule has 2 aliphatic rings. The van der Waals surface area contributed by atoms with Crippen LogP contribution in [0.2, 0.25) is 0 Å². The molecule has 2 rings (SSSR count). The Bertz CT molecular complexity index is 256. The SMILES string of the molecule is CC1(C(=O)O)CCC2(CCCCCC2)N1. The molecule has 0 bridgehead atoms. The second-order valence-electron chi connectivity index (χ2n) is 5.46. The second-order valence-corrected chi connectivity index (χ2v) is 5.46. The van der Waals surface area contributed by atoms with Crippen molar-refractivity contribution in [2.24, 2.45) is 0 Å². The van der Waals surface area contributed by atoms with Gasteiger partial charge < -0.3 is 5.11 Å². The van der Waals surface area contributed by atoms with Crippen LogP contribution in [0, 0.1) is 0 Å². The minimum Gasteiger partial charge on any atom is -0.480 e. The molecular weight excluding hydrogens is 190 g/mol. The van der Waals surface area contributed by atoms with Gasteiger partial charge in [0.15, 0.2) is 0 Å². The van der Waals surface area contributed by atoms with Crippen molar-refractivity contribution in [2.45, 2.75) is 69.4 Å². The summed E-state index contributed by atoms with van der Waals surface area (Å²) in [6.07, 6.45) is 9.27. The first-order valence-electron chi connectivity index (χ1n) is 6.09. The highest BCUT2D eigenvalue weighted by molar-refractivity contribution is 5.78. The van der Waals surface area contributed by atoms with Crippen molar-refractivity contribution in [1.29, 1.82) is 0 Å². The van der Waals surface area contributed by atoms with Crippen molar-refractivity contribution in [3.05, 3.63) is 0 Å². The molecule has 86 valence electrons. The number of carbonyl (C=O) groups is 1. The Morgan fingerprint density at radius 2 is 1.67 bits per heavy atom. The fourth-order valence-corrected chi connectivity index (χ4v) is 3.14. The topological polar surface area (TPSA) is 49.3 Å². The zero-order valence-corrected chi connectivity index (χ0v) is 9.51. The molecule has 1 atom stereocenters. The van der Waals surface area contributed by atoms with E-state index in [4.69, 9.17) is 0 Å². The lowest BCUT2D eigenvalue weighted by molar-refractivity contribution is -0.143. The third kappa shape index (κ3) is 2.03. The van der Waals surface area contributed by atoms with Gasteiger partial charge in [0, 0.05) is 5.54 Å². The van der Waals surface area contributed by atoms with Crippen molar-refractivity contribution in [2.75, 3.05) is 0 Å². The largest absolute Gasteiger partial charge is 0.480 e. The summed E-state index contributed by atoms with van der Waals surface area (Å²) in [5, 5.41) is 12.6. The molecule has 1 heterocycles. The zero-order chi connectivity index (χ0) is 10.9. The highest BCUT2D eigenvalue weighted by atomic mass is 16.4. The first-order valence-corrected chi connectivity index (χ1v) is 6.09. The molecule has 0 aromatic heterocycles. The molecule has 3 heteroatoms. The smallest absolute Gasteiger partial charge is 0.323 e. The normalized spacial score (nSPS) is 35.3.